The van der Waals surface area contributed by atoms with Crippen LogP contribution >= 0.6 is 0 Å². The minimum Gasteiger partial charge on any atom is -0.484 e. The fourth-order valence-electron chi connectivity index (χ4n) is 4.75. The lowest BCUT2D eigenvalue weighted by molar-refractivity contribution is -0.137. The lowest BCUT2D eigenvalue weighted by Gasteiger charge is -2.34. The Balaban J connectivity index is 1.25. The molecule has 2 amide bonds. The third kappa shape index (κ3) is 6.49. The van der Waals surface area contributed by atoms with Gasteiger partial charge in [0.1, 0.15) is 11.6 Å². The van der Waals surface area contributed by atoms with E-state index in [0.717, 1.165) is 30.5 Å². The molecule has 0 aliphatic carbocycles. The first-order valence-corrected chi connectivity index (χ1v) is 13.2. The van der Waals surface area contributed by atoms with Gasteiger partial charge in [0.05, 0.1) is 6.04 Å². The molecule has 5 rings (SSSR count). The molecule has 0 unspecified atom stereocenters. The van der Waals surface area contributed by atoms with E-state index in [4.69, 9.17) is 9.72 Å². The Bertz CT molecular complexity index is 1390. The van der Waals surface area contributed by atoms with Crippen LogP contribution in [0.2, 0.25) is 0 Å². The Morgan fingerprint density at radius 1 is 1.05 bits per heavy atom. The third-order valence-electron chi connectivity index (χ3n) is 6.89. The minimum atomic E-state index is -0.200. The Hall–Kier alpha value is -4.53. The zero-order valence-corrected chi connectivity index (χ0v) is 22.0. The van der Waals surface area contributed by atoms with E-state index in [1.807, 2.05) is 71.6 Å². The van der Waals surface area contributed by atoms with Crippen molar-refractivity contribution in [1.82, 2.24) is 30.0 Å². The summed E-state index contributed by atoms with van der Waals surface area (Å²) in [4.78, 5) is 38.7. The molecule has 4 aromatic rings. The van der Waals surface area contributed by atoms with Gasteiger partial charge in [0.2, 0.25) is 0 Å². The standard InChI is InChI=1S/C30H32N6O3/c1-35(19-16-24-12-5-7-17-31-24)30(38)23-11-9-10-22(20-23)28-32-29(34-33-28)26-15-6-8-18-36(26)27(37)21-39-25-13-3-2-4-14-25/h2-5,7,9-14,17,20,26H,6,8,15-16,18-19,21H2,1H3,(H,32,33,34)/t26-/m1/s1. The van der Waals surface area contributed by atoms with Gasteiger partial charge in [-0.1, -0.05) is 36.4 Å². The van der Waals surface area contributed by atoms with Gasteiger partial charge in [-0.2, -0.15) is 5.10 Å². The molecular weight excluding hydrogens is 492 g/mol. The number of likely N-dealkylation sites (N-methyl/N-ethyl adjacent to an activating group) is 1. The van der Waals surface area contributed by atoms with Gasteiger partial charge >= 0.3 is 0 Å². The average Bonchev–Trinajstić information content (AvgIpc) is 3.50. The van der Waals surface area contributed by atoms with Gasteiger partial charge in [-0.25, -0.2) is 4.98 Å². The zero-order valence-electron chi connectivity index (χ0n) is 22.0. The van der Waals surface area contributed by atoms with Gasteiger partial charge in [-0.05, 0) is 55.7 Å². The summed E-state index contributed by atoms with van der Waals surface area (Å²) in [6.07, 6.45) is 5.17. The molecule has 2 aromatic heterocycles. The normalized spacial score (nSPS) is 15.1. The maximum absolute atomic E-state index is 13.1. The second-order valence-corrected chi connectivity index (χ2v) is 9.62. The van der Waals surface area contributed by atoms with Crippen LogP contribution in [0.1, 0.15) is 47.2 Å². The number of likely N-dealkylation sites (tertiary alicyclic amines) is 1. The summed E-state index contributed by atoms with van der Waals surface area (Å²) in [5.74, 6) is 1.64. The Kier molecular flexibility index (Phi) is 8.26. The van der Waals surface area contributed by atoms with E-state index in [9.17, 15) is 9.59 Å². The highest BCUT2D eigenvalue weighted by Gasteiger charge is 2.31. The summed E-state index contributed by atoms with van der Waals surface area (Å²) in [7, 11) is 1.79. The summed E-state index contributed by atoms with van der Waals surface area (Å²) in [6.45, 7) is 1.18. The molecular formula is C30H32N6O3. The van der Waals surface area contributed by atoms with E-state index >= 15 is 0 Å². The second kappa shape index (κ2) is 12.3. The Morgan fingerprint density at radius 2 is 1.90 bits per heavy atom. The number of piperidine rings is 1. The number of hydrogen-bond donors (Lipinski definition) is 1. The second-order valence-electron chi connectivity index (χ2n) is 9.62. The number of nitrogens with one attached hydrogen (secondary N) is 1. The first-order valence-electron chi connectivity index (χ1n) is 13.2. The van der Waals surface area contributed by atoms with E-state index in [1.165, 1.54) is 0 Å². The molecule has 1 saturated heterocycles. The van der Waals surface area contributed by atoms with E-state index in [-0.39, 0.29) is 24.5 Å². The number of ether oxygens (including phenoxy) is 1. The maximum atomic E-state index is 13.1. The van der Waals surface area contributed by atoms with Crippen molar-refractivity contribution in [3.63, 3.8) is 0 Å². The quantitative estimate of drug-likeness (QED) is 0.350. The van der Waals surface area contributed by atoms with Gasteiger partial charge in [-0.3, -0.25) is 19.7 Å². The van der Waals surface area contributed by atoms with Crippen LogP contribution < -0.4 is 4.74 Å². The molecule has 1 aliphatic rings. The fraction of sp³-hybridized carbons (Fsp3) is 0.300. The van der Waals surface area contributed by atoms with Gasteiger partial charge in [-0.15, -0.1) is 0 Å². The van der Waals surface area contributed by atoms with Crippen LogP contribution in [0.4, 0.5) is 0 Å². The van der Waals surface area contributed by atoms with Gasteiger partial charge in [0.25, 0.3) is 11.8 Å². The first kappa shape index (κ1) is 26.1. The number of rotatable bonds is 9. The van der Waals surface area contributed by atoms with Gasteiger partial charge < -0.3 is 14.5 Å². The number of pyridine rings is 1. The average molecular weight is 525 g/mol. The SMILES string of the molecule is CN(CCc1ccccn1)C(=O)c1cccc(-c2n[nH]c([C@H]3CCCCN3C(=O)COc3ccccc3)n2)c1. The topological polar surface area (TPSA) is 104 Å². The predicted molar refractivity (Wildman–Crippen MR) is 147 cm³/mol. The first-order chi connectivity index (χ1) is 19.1. The summed E-state index contributed by atoms with van der Waals surface area (Å²) in [5, 5.41) is 7.48. The summed E-state index contributed by atoms with van der Waals surface area (Å²) in [5.41, 5.74) is 2.25. The van der Waals surface area contributed by atoms with Crippen molar-refractivity contribution in [1.29, 1.82) is 0 Å². The molecule has 9 heteroatoms. The molecule has 9 nitrogen and oxygen atoms in total. The van der Waals surface area contributed by atoms with Crippen LogP contribution in [0, 0.1) is 0 Å². The van der Waals surface area contributed by atoms with Crippen molar-refractivity contribution in [2.45, 2.75) is 31.7 Å². The number of H-pyrrole nitrogens is 1. The molecule has 1 aliphatic heterocycles. The van der Waals surface area contributed by atoms with E-state index in [1.54, 1.807) is 24.2 Å². The highest BCUT2D eigenvalue weighted by atomic mass is 16.5. The molecule has 0 saturated carbocycles. The molecule has 1 fully saturated rings. The number of nitrogens with zero attached hydrogens (tertiary/aromatic N) is 5. The van der Waals surface area contributed by atoms with Crippen molar-refractivity contribution in [2.24, 2.45) is 0 Å². The lowest BCUT2D eigenvalue weighted by Crippen LogP contribution is -2.41. The van der Waals surface area contributed by atoms with Crippen molar-refractivity contribution in [3.05, 3.63) is 96.1 Å². The van der Waals surface area contributed by atoms with Crippen LogP contribution in [0.3, 0.4) is 0 Å². The molecule has 1 N–H and O–H groups in total. The number of amides is 2. The van der Waals surface area contributed by atoms with Crippen LogP contribution in [-0.4, -0.2) is 68.5 Å². The van der Waals surface area contributed by atoms with E-state index in [2.05, 4.69) is 15.2 Å². The lowest BCUT2D eigenvalue weighted by atomic mass is 10.0. The highest BCUT2D eigenvalue weighted by Crippen LogP contribution is 2.30. The zero-order chi connectivity index (χ0) is 27.0. The number of aromatic amines is 1. The molecule has 39 heavy (non-hydrogen) atoms. The van der Waals surface area contributed by atoms with Crippen LogP contribution in [0.25, 0.3) is 11.4 Å². The monoisotopic (exact) mass is 524 g/mol. The van der Waals surface area contributed by atoms with Crippen molar-refractivity contribution >= 4 is 11.8 Å². The molecule has 0 spiro atoms. The van der Waals surface area contributed by atoms with E-state index < -0.39 is 0 Å². The number of benzene rings is 2. The minimum absolute atomic E-state index is 0.0283. The Labute approximate surface area is 227 Å². The number of carbonyl (C=O) groups excluding carboxylic acids is 2. The molecule has 0 radical (unpaired) electrons. The largest absolute Gasteiger partial charge is 0.484 e. The van der Waals surface area contributed by atoms with Crippen LogP contribution in [-0.2, 0) is 11.2 Å². The summed E-state index contributed by atoms with van der Waals surface area (Å²) >= 11 is 0. The molecule has 1 atom stereocenters. The molecule has 0 bridgehead atoms. The molecule has 3 heterocycles. The maximum Gasteiger partial charge on any atom is 0.261 e. The van der Waals surface area contributed by atoms with Crippen LogP contribution in [0.5, 0.6) is 5.75 Å². The smallest absolute Gasteiger partial charge is 0.261 e. The van der Waals surface area contributed by atoms with Crippen molar-refractivity contribution in [2.75, 3.05) is 26.7 Å². The third-order valence-corrected chi connectivity index (χ3v) is 6.89. The number of carbonyl (C=O) groups is 2. The van der Waals surface area contributed by atoms with Crippen molar-refractivity contribution < 1.29 is 14.3 Å². The fourth-order valence-corrected chi connectivity index (χ4v) is 4.75. The summed E-state index contributed by atoms with van der Waals surface area (Å²) in [6, 6.07) is 22.2. The van der Waals surface area contributed by atoms with Crippen molar-refractivity contribution in [3.8, 4) is 17.1 Å². The molecule has 2 aromatic carbocycles. The van der Waals surface area contributed by atoms with Gasteiger partial charge in [0, 0.05) is 49.6 Å². The number of aromatic nitrogens is 4. The van der Waals surface area contributed by atoms with Crippen LogP contribution in [0.15, 0.2) is 79.0 Å². The molecule has 200 valence electrons. The Morgan fingerprint density at radius 3 is 2.72 bits per heavy atom. The van der Waals surface area contributed by atoms with E-state index in [0.29, 0.717) is 42.5 Å². The predicted octanol–water partition coefficient (Wildman–Crippen LogP) is 4.31. The highest BCUT2D eigenvalue weighted by molar-refractivity contribution is 5.95. The summed E-state index contributed by atoms with van der Waals surface area (Å²) < 4.78 is 5.70. The van der Waals surface area contributed by atoms with Gasteiger partial charge in [0.15, 0.2) is 12.4 Å². The number of para-hydroxylation sites is 1. The number of hydrogen-bond acceptors (Lipinski definition) is 6.